The fourth-order valence-electron chi connectivity index (χ4n) is 4.74. The van der Waals surface area contributed by atoms with Crippen LogP contribution in [0.5, 0.6) is 0 Å². The molecule has 0 unspecified atom stereocenters. The van der Waals surface area contributed by atoms with Gasteiger partial charge in [-0.15, -0.1) is 0 Å². The number of halogens is 2. The highest BCUT2D eigenvalue weighted by atomic mass is 79.9. The SMILES string of the molecule is O=C(CN1C(=O)[C@H]2[C@@H]3C[C@H]([C@@H](Br)[C@H]3Br)[C@@H]2C1=O)OCC(=O)c1ccc([N+](=O)[O-])cc1. The number of ketones is 1. The number of alkyl halides is 2. The maximum Gasteiger partial charge on any atom is 0.326 e. The van der Waals surface area contributed by atoms with Crippen LogP contribution in [0.25, 0.3) is 0 Å². The molecule has 1 heterocycles. The fraction of sp³-hybridized carbons (Fsp3) is 0.474. The Hall–Kier alpha value is -2.14. The number of rotatable bonds is 6. The molecule has 30 heavy (non-hydrogen) atoms. The average molecular weight is 544 g/mol. The Balaban J connectivity index is 1.34. The van der Waals surface area contributed by atoms with E-state index >= 15 is 0 Å². The van der Waals surface area contributed by atoms with E-state index in [9.17, 15) is 29.3 Å². The van der Waals surface area contributed by atoms with Crippen LogP contribution in [0, 0.1) is 33.8 Å². The highest BCUT2D eigenvalue weighted by Gasteiger charge is 2.66. The summed E-state index contributed by atoms with van der Waals surface area (Å²) < 4.78 is 4.94. The Bertz CT molecular complexity index is 919. The molecular weight excluding hydrogens is 528 g/mol. The molecule has 11 heteroatoms. The van der Waals surface area contributed by atoms with E-state index in [1.165, 1.54) is 24.3 Å². The van der Waals surface area contributed by atoms with Gasteiger partial charge in [-0.25, -0.2) is 0 Å². The molecular formula is C19H16Br2N2O7. The average Bonchev–Trinajstić information content (AvgIpc) is 3.33. The Kier molecular flexibility index (Phi) is 5.52. The Morgan fingerprint density at radius 3 is 2.10 bits per heavy atom. The molecule has 3 aliphatic rings. The molecule has 2 amide bonds. The standard InChI is InChI=1S/C19H16Br2N2O7/c20-16-10-5-11(17(16)21)15-14(10)18(26)22(19(15)27)6-13(25)30-7-12(24)8-1-3-9(4-2-8)23(28)29/h1-4,10-11,14-17H,5-7H2/t10-,11-,14-,15-,16-,17+/m0/s1. The number of carbonyl (C=O) groups is 4. The molecule has 0 spiro atoms. The number of benzene rings is 1. The van der Waals surface area contributed by atoms with Gasteiger partial charge in [-0.05, 0) is 30.4 Å². The second-order valence-corrected chi connectivity index (χ2v) is 9.77. The lowest BCUT2D eigenvalue weighted by Gasteiger charge is -2.28. The van der Waals surface area contributed by atoms with Gasteiger partial charge in [0, 0.05) is 27.4 Å². The molecule has 1 saturated heterocycles. The molecule has 9 nitrogen and oxygen atoms in total. The summed E-state index contributed by atoms with van der Waals surface area (Å²) in [7, 11) is 0. The number of imide groups is 1. The largest absolute Gasteiger partial charge is 0.456 e. The molecule has 0 radical (unpaired) electrons. The highest BCUT2D eigenvalue weighted by molar-refractivity contribution is 9.12. The molecule has 158 valence electrons. The van der Waals surface area contributed by atoms with Crippen molar-refractivity contribution in [3.63, 3.8) is 0 Å². The van der Waals surface area contributed by atoms with Crippen molar-refractivity contribution in [2.45, 2.75) is 16.1 Å². The first-order valence-electron chi connectivity index (χ1n) is 9.27. The van der Waals surface area contributed by atoms with Crippen LogP contribution in [0.4, 0.5) is 5.69 Å². The minimum atomic E-state index is -0.856. The molecule has 2 saturated carbocycles. The van der Waals surface area contributed by atoms with Crippen LogP contribution < -0.4 is 0 Å². The predicted molar refractivity (Wildman–Crippen MR) is 109 cm³/mol. The summed E-state index contributed by atoms with van der Waals surface area (Å²) in [5, 5.41) is 10.7. The third-order valence-corrected chi connectivity index (χ3v) is 9.34. The van der Waals surface area contributed by atoms with Gasteiger partial charge in [-0.1, -0.05) is 31.9 Å². The monoisotopic (exact) mass is 542 g/mol. The van der Waals surface area contributed by atoms with Gasteiger partial charge < -0.3 is 4.74 Å². The van der Waals surface area contributed by atoms with E-state index in [0.29, 0.717) is 0 Å². The fourth-order valence-corrected chi connectivity index (χ4v) is 6.61. The minimum Gasteiger partial charge on any atom is -0.456 e. The number of nitro benzene ring substituents is 1. The van der Waals surface area contributed by atoms with Crippen molar-refractivity contribution in [2.75, 3.05) is 13.2 Å². The van der Waals surface area contributed by atoms with Crippen molar-refractivity contribution in [3.05, 3.63) is 39.9 Å². The smallest absolute Gasteiger partial charge is 0.326 e. The molecule has 1 aromatic carbocycles. The van der Waals surface area contributed by atoms with Crippen LogP contribution >= 0.6 is 31.9 Å². The van der Waals surface area contributed by atoms with Gasteiger partial charge in [-0.2, -0.15) is 0 Å². The van der Waals surface area contributed by atoms with Crippen molar-refractivity contribution in [3.8, 4) is 0 Å². The number of likely N-dealkylation sites (tertiary alicyclic amines) is 1. The van der Waals surface area contributed by atoms with Crippen LogP contribution in [0.2, 0.25) is 0 Å². The normalized spacial score (nSPS) is 31.7. The quantitative estimate of drug-likeness (QED) is 0.134. The second-order valence-electron chi connectivity index (χ2n) is 7.65. The van der Waals surface area contributed by atoms with Gasteiger partial charge >= 0.3 is 5.97 Å². The third kappa shape index (κ3) is 3.37. The van der Waals surface area contributed by atoms with Crippen molar-refractivity contribution < 1.29 is 28.8 Å². The van der Waals surface area contributed by atoms with E-state index in [1.807, 2.05) is 0 Å². The zero-order valence-electron chi connectivity index (χ0n) is 15.4. The van der Waals surface area contributed by atoms with Gasteiger partial charge in [-0.3, -0.25) is 34.2 Å². The number of ether oxygens (including phenoxy) is 1. The summed E-state index contributed by atoms with van der Waals surface area (Å²) in [6.07, 6.45) is 0.792. The molecule has 0 N–H and O–H groups in total. The van der Waals surface area contributed by atoms with E-state index in [4.69, 9.17) is 4.74 Å². The van der Waals surface area contributed by atoms with Gasteiger partial charge in [0.2, 0.25) is 11.8 Å². The topological polar surface area (TPSA) is 124 Å². The molecule has 3 fully saturated rings. The Morgan fingerprint density at radius 1 is 1.07 bits per heavy atom. The summed E-state index contributed by atoms with van der Waals surface area (Å²) in [5.74, 6) is -2.87. The summed E-state index contributed by atoms with van der Waals surface area (Å²) >= 11 is 7.19. The van der Waals surface area contributed by atoms with Crippen LogP contribution in [0.3, 0.4) is 0 Å². The van der Waals surface area contributed by atoms with Gasteiger partial charge in [0.25, 0.3) is 5.69 Å². The number of Topliss-reactive ketones (excluding diaryl/α,β-unsaturated/α-hetero) is 1. The first-order chi connectivity index (χ1) is 14.2. The zero-order chi connectivity index (χ0) is 21.7. The van der Waals surface area contributed by atoms with E-state index < -0.39 is 41.7 Å². The minimum absolute atomic E-state index is 0.0468. The lowest BCUT2D eigenvalue weighted by Crippen LogP contribution is -2.38. The van der Waals surface area contributed by atoms with Gasteiger partial charge in [0.15, 0.2) is 12.4 Å². The predicted octanol–water partition coefficient (Wildman–Crippen LogP) is 2.10. The second kappa shape index (κ2) is 7.84. The van der Waals surface area contributed by atoms with Crippen LogP contribution in [-0.2, 0) is 19.1 Å². The van der Waals surface area contributed by atoms with E-state index in [-0.39, 0.29) is 44.6 Å². The molecule has 4 rings (SSSR count). The van der Waals surface area contributed by atoms with E-state index in [2.05, 4.69) is 31.9 Å². The number of esters is 1. The molecule has 1 aromatic rings. The van der Waals surface area contributed by atoms with E-state index in [1.54, 1.807) is 0 Å². The zero-order valence-corrected chi connectivity index (χ0v) is 18.6. The van der Waals surface area contributed by atoms with Crippen LogP contribution in [0.1, 0.15) is 16.8 Å². The summed E-state index contributed by atoms with van der Waals surface area (Å²) in [6, 6.07) is 4.90. The molecule has 2 bridgehead atoms. The number of non-ortho nitro benzene ring substituents is 1. The van der Waals surface area contributed by atoms with Crippen molar-refractivity contribution in [2.24, 2.45) is 23.7 Å². The van der Waals surface area contributed by atoms with Crippen molar-refractivity contribution in [1.82, 2.24) is 4.90 Å². The number of hydrogen-bond donors (Lipinski definition) is 0. The number of carbonyl (C=O) groups excluding carboxylic acids is 4. The lowest BCUT2D eigenvalue weighted by atomic mass is 9.81. The maximum atomic E-state index is 12.8. The first kappa shape index (κ1) is 21.1. The van der Waals surface area contributed by atoms with Crippen LogP contribution in [-0.4, -0.2) is 56.2 Å². The number of fused-ring (bicyclic) bond motifs is 5. The van der Waals surface area contributed by atoms with Crippen molar-refractivity contribution in [1.29, 1.82) is 0 Å². The number of hydrogen-bond acceptors (Lipinski definition) is 7. The van der Waals surface area contributed by atoms with Gasteiger partial charge in [0.1, 0.15) is 6.54 Å². The van der Waals surface area contributed by atoms with E-state index in [0.717, 1.165) is 11.3 Å². The molecule has 0 aromatic heterocycles. The molecule has 1 aliphatic heterocycles. The third-order valence-electron chi connectivity index (χ3n) is 6.13. The Labute approximate surface area is 187 Å². The van der Waals surface area contributed by atoms with Crippen LogP contribution in [0.15, 0.2) is 24.3 Å². The number of nitro groups is 1. The molecule has 2 aliphatic carbocycles. The number of amides is 2. The van der Waals surface area contributed by atoms with Crippen molar-refractivity contribution >= 4 is 61.1 Å². The number of nitrogens with zero attached hydrogens (tertiary/aromatic N) is 2. The molecule has 6 atom stereocenters. The summed E-state index contributed by atoms with van der Waals surface area (Å²) in [4.78, 5) is 61.0. The van der Waals surface area contributed by atoms with Gasteiger partial charge in [0.05, 0.1) is 16.8 Å². The lowest BCUT2D eigenvalue weighted by molar-refractivity contribution is -0.384. The summed E-state index contributed by atoms with van der Waals surface area (Å²) in [5.41, 5.74) is -0.00915. The first-order valence-corrected chi connectivity index (χ1v) is 11.1. The highest BCUT2D eigenvalue weighted by Crippen LogP contribution is 2.60. The Morgan fingerprint density at radius 2 is 1.60 bits per heavy atom. The summed E-state index contributed by atoms with van der Waals surface area (Å²) in [6.45, 7) is -1.12. The maximum absolute atomic E-state index is 12.8.